The normalized spacial score (nSPS) is 20.1. The molecule has 2 saturated heterocycles. The molecule has 0 spiro atoms. The van der Waals surface area contributed by atoms with Gasteiger partial charge in [-0.15, -0.1) is 0 Å². The predicted molar refractivity (Wildman–Crippen MR) is 150 cm³/mol. The van der Waals surface area contributed by atoms with Crippen LogP contribution in [-0.2, 0) is 24.9 Å². The van der Waals surface area contributed by atoms with Gasteiger partial charge in [-0.3, -0.25) is 14.0 Å². The number of ether oxygens (including phenoxy) is 1. The highest BCUT2D eigenvalue weighted by molar-refractivity contribution is 5.77. The van der Waals surface area contributed by atoms with E-state index in [2.05, 4.69) is 50.8 Å². The molecule has 2 aromatic heterocycles. The van der Waals surface area contributed by atoms with Crippen LogP contribution < -0.4 is 5.69 Å². The molecule has 2 bridgehead atoms. The number of carbonyl (C=O) groups excluding carboxylic acids is 1. The standard InChI is InChI=1S/C30H41N5O3/c1-19-9-10-20(15-33-16-22-14-21(33)17-34(22)28(37)38-30(5,6)7)13-23(19)24-11-12-25-26(31-24)32(8)27(36)35(25)18-29(2,3)4/h9-13,21-22H,14-18H2,1-8H3/t21-,22-/m1/s1. The van der Waals surface area contributed by atoms with Crippen molar-refractivity contribution < 1.29 is 9.53 Å². The molecule has 1 amide bonds. The average Bonchev–Trinajstić information content (AvgIpc) is 3.47. The number of pyridine rings is 1. The van der Waals surface area contributed by atoms with Gasteiger partial charge in [0.05, 0.1) is 11.2 Å². The lowest BCUT2D eigenvalue weighted by molar-refractivity contribution is 0.0124. The monoisotopic (exact) mass is 519 g/mol. The van der Waals surface area contributed by atoms with E-state index in [0.29, 0.717) is 18.2 Å². The summed E-state index contributed by atoms with van der Waals surface area (Å²) < 4.78 is 9.10. The van der Waals surface area contributed by atoms with Gasteiger partial charge in [0, 0.05) is 50.9 Å². The molecule has 2 aliphatic rings. The Labute approximate surface area is 225 Å². The van der Waals surface area contributed by atoms with Gasteiger partial charge < -0.3 is 9.64 Å². The van der Waals surface area contributed by atoms with Crippen LogP contribution >= 0.6 is 0 Å². The summed E-state index contributed by atoms with van der Waals surface area (Å²) in [6, 6.07) is 11.2. The SMILES string of the molecule is Cc1ccc(CN2C[C@H]3C[C@@H]2CN3C(=O)OC(C)(C)C)cc1-c1ccc2c(n1)n(C)c(=O)n2CC(C)(C)C. The Balaban J connectivity index is 1.36. The molecular weight excluding hydrogens is 478 g/mol. The van der Waals surface area contributed by atoms with Gasteiger partial charge >= 0.3 is 11.8 Å². The Hall–Kier alpha value is -3.13. The largest absolute Gasteiger partial charge is 0.444 e. The van der Waals surface area contributed by atoms with E-state index in [-0.39, 0.29) is 23.2 Å². The number of hydrogen-bond donors (Lipinski definition) is 0. The molecular formula is C30H41N5O3. The summed E-state index contributed by atoms with van der Waals surface area (Å²) in [7, 11) is 1.80. The van der Waals surface area contributed by atoms with Crippen molar-refractivity contribution in [3.63, 3.8) is 0 Å². The third-order valence-electron chi connectivity index (χ3n) is 7.56. The number of benzene rings is 1. The number of likely N-dealkylation sites (tertiary alicyclic amines) is 2. The molecule has 0 aliphatic carbocycles. The smallest absolute Gasteiger partial charge is 0.410 e. The first-order valence-electron chi connectivity index (χ1n) is 13.6. The Morgan fingerprint density at radius 3 is 2.42 bits per heavy atom. The van der Waals surface area contributed by atoms with Crippen molar-refractivity contribution in [2.24, 2.45) is 12.5 Å². The molecule has 8 heteroatoms. The van der Waals surface area contributed by atoms with Crippen LogP contribution in [0.1, 0.15) is 59.1 Å². The van der Waals surface area contributed by atoms with E-state index >= 15 is 0 Å². The number of carbonyl (C=O) groups is 1. The van der Waals surface area contributed by atoms with Crippen LogP contribution in [0.2, 0.25) is 0 Å². The molecule has 5 rings (SSSR count). The summed E-state index contributed by atoms with van der Waals surface area (Å²) in [6.07, 6.45) is 0.796. The molecule has 3 aromatic rings. The highest BCUT2D eigenvalue weighted by Gasteiger charge is 2.46. The second kappa shape index (κ2) is 9.26. The minimum atomic E-state index is -0.477. The van der Waals surface area contributed by atoms with Crippen LogP contribution in [0, 0.1) is 12.3 Å². The van der Waals surface area contributed by atoms with Gasteiger partial charge in [-0.05, 0) is 68.9 Å². The van der Waals surface area contributed by atoms with E-state index in [4.69, 9.17) is 9.72 Å². The number of fused-ring (bicyclic) bond motifs is 3. The van der Waals surface area contributed by atoms with Crippen molar-refractivity contribution in [3.8, 4) is 11.3 Å². The van der Waals surface area contributed by atoms with Crippen molar-refractivity contribution in [1.29, 1.82) is 0 Å². The summed E-state index contributed by atoms with van der Waals surface area (Å²) in [5.74, 6) is 0. The number of nitrogens with zero attached hydrogens (tertiary/aromatic N) is 5. The third-order valence-corrected chi connectivity index (χ3v) is 7.56. The first-order valence-corrected chi connectivity index (χ1v) is 13.6. The van der Waals surface area contributed by atoms with Gasteiger partial charge in [-0.25, -0.2) is 14.6 Å². The molecule has 8 nitrogen and oxygen atoms in total. The minimum absolute atomic E-state index is 0.0132. The van der Waals surface area contributed by atoms with Crippen molar-refractivity contribution >= 4 is 17.3 Å². The molecule has 1 aromatic carbocycles. The summed E-state index contributed by atoms with van der Waals surface area (Å²) in [5, 5.41) is 0. The lowest BCUT2D eigenvalue weighted by atomic mass is 9.97. The summed E-state index contributed by atoms with van der Waals surface area (Å²) in [6.45, 7) is 17.3. The second-order valence-electron chi connectivity index (χ2n) is 13.3. The van der Waals surface area contributed by atoms with Crippen molar-refractivity contribution in [2.45, 2.75) is 85.7 Å². The molecule has 0 saturated carbocycles. The van der Waals surface area contributed by atoms with E-state index in [9.17, 15) is 9.59 Å². The first-order chi connectivity index (χ1) is 17.7. The molecule has 2 fully saturated rings. The molecule has 204 valence electrons. The highest BCUT2D eigenvalue weighted by atomic mass is 16.6. The van der Waals surface area contributed by atoms with Crippen LogP contribution in [0.25, 0.3) is 22.4 Å². The van der Waals surface area contributed by atoms with Crippen molar-refractivity contribution in [1.82, 2.24) is 23.9 Å². The zero-order valence-corrected chi connectivity index (χ0v) is 24.0. The second-order valence-corrected chi connectivity index (χ2v) is 13.3. The van der Waals surface area contributed by atoms with Crippen LogP contribution in [-0.4, -0.2) is 60.8 Å². The third kappa shape index (κ3) is 5.10. The van der Waals surface area contributed by atoms with Crippen LogP contribution in [0.15, 0.2) is 35.1 Å². The fourth-order valence-electron chi connectivity index (χ4n) is 5.82. The highest BCUT2D eigenvalue weighted by Crippen LogP contribution is 2.34. The maximum Gasteiger partial charge on any atom is 0.410 e. The number of imidazole rings is 1. The van der Waals surface area contributed by atoms with Crippen LogP contribution in [0.5, 0.6) is 0 Å². The van der Waals surface area contributed by atoms with E-state index in [1.807, 2.05) is 42.4 Å². The average molecular weight is 520 g/mol. The number of piperazine rings is 1. The quantitative estimate of drug-likeness (QED) is 0.488. The maximum atomic E-state index is 13.0. The van der Waals surface area contributed by atoms with Gasteiger partial charge in [0.25, 0.3) is 0 Å². The number of hydrogen-bond acceptors (Lipinski definition) is 5. The van der Waals surface area contributed by atoms with Gasteiger partial charge in [-0.2, -0.15) is 0 Å². The number of aryl methyl sites for hydroxylation is 2. The topological polar surface area (TPSA) is 72.6 Å². The first kappa shape index (κ1) is 26.5. The Kier molecular flexibility index (Phi) is 6.45. The number of aromatic nitrogens is 3. The molecule has 0 radical (unpaired) electrons. The summed E-state index contributed by atoms with van der Waals surface area (Å²) in [4.78, 5) is 34.9. The van der Waals surface area contributed by atoms with Crippen molar-refractivity contribution in [3.05, 3.63) is 51.9 Å². The molecule has 38 heavy (non-hydrogen) atoms. The van der Waals surface area contributed by atoms with E-state index in [0.717, 1.165) is 48.4 Å². The van der Waals surface area contributed by atoms with Crippen LogP contribution in [0.4, 0.5) is 4.79 Å². The summed E-state index contributed by atoms with van der Waals surface area (Å²) >= 11 is 0. The lowest BCUT2D eigenvalue weighted by Crippen LogP contribution is -2.49. The Morgan fingerprint density at radius 2 is 1.79 bits per heavy atom. The Morgan fingerprint density at radius 1 is 1.05 bits per heavy atom. The molecule has 0 unspecified atom stereocenters. The zero-order chi connectivity index (χ0) is 27.6. The molecule has 2 atom stereocenters. The lowest BCUT2D eigenvalue weighted by Gasteiger charge is -2.35. The molecule has 2 aliphatic heterocycles. The van der Waals surface area contributed by atoms with Gasteiger partial charge in [0.15, 0.2) is 5.65 Å². The van der Waals surface area contributed by atoms with E-state index in [1.54, 1.807) is 11.6 Å². The van der Waals surface area contributed by atoms with Gasteiger partial charge in [-0.1, -0.05) is 32.9 Å². The molecule has 0 N–H and O–H groups in total. The fourth-order valence-corrected chi connectivity index (χ4v) is 5.82. The molecule has 4 heterocycles. The van der Waals surface area contributed by atoms with E-state index < -0.39 is 5.60 Å². The fraction of sp³-hybridized carbons (Fsp3) is 0.567. The number of rotatable bonds is 4. The zero-order valence-electron chi connectivity index (χ0n) is 24.0. The van der Waals surface area contributed by atoms with Crippen molar-refractivity contribution in [2.75, 3.05) is 13.1 Å². The predicted octanol–water partition coefficient (Wildman–Crippen LogP) is 4.95. The van der Waals surface area contributed by atoms with Gasteiger partial charge in [0.1, 0.15) is 5.60 Å². The van der Waals surface area contributed by atoms with Crippen LogP contribution in [0.3, 0.4) is 0 Å². The van der Waals surface area contributed by atoms with Gasteiger partial charge in [0.2, 0.25) is 0 Å². The van der Waals surface area contributed by atoms with E-state index in [1.165, 1.54) is 5.56 Å². The Bertz CT molecular complexity index is 1440. The number of amides is 1. The summed E-state index contributed by atoms with van der Waals surface area (Å²) in [5.41, 5.74) is 5.39. The minimum Gasteiger partial charge on any atom is -0.444 e. The maximum absolute atomic E-state index is 13.0.